The summed E-state index contributed by atoms with van der Waals surface area (Å²) in [6, 6.07) is 7.15. The number of pyridine rings is 2. The van der Waals surface area contributed by atoms with Crippen LogP contribution in [0.3, 0.4) is 0 Å². The van der Waals surface area contributed by atoms with Crippen LogP contribution in [0.1, 0.15) is 29.0 Å². The fraction of sp³-hybridized carbons (Fsp3) is 0.154. The number of carboxylic acids is 1. The molecule has 0 spiro atoms. The van der Waals surface area contributed by atoms with E-state index in [4.69, 9.17) is 5.11 Å². The molecule has 1 unspecified atom stereocenters. The van der Waals surface area contributed by atoms with E-state index < -0.39 is 5.97 Å². The van der Waals surface area contributed by atoms with E-state index in [1.807, 2.05) is 19.1 Å². The first-order chi connectivity index (χ1) is 8.68. The summed E-state index contributed by atoms with van der Waals surface area (Å²) in [7, 11) is 0. The highest BCUT2D eigenvalue weighted by atomic mass is 16.4. The summed E-state index contributed by atoms with van der Waals surface area (Å²) in [5.41, 5.74) is 1.57. The third kappa shape index (κ3) is 2.63. The third-order valence-electron chi connectivity index (χ3n) is 2.59. The van der Waals surface area contributed by atoms with Crippen molar-refractivity contribution in [2.45, 2.75) is 13.0 Å². The summed E-state index contributed by atoms with van der Waals surface area (Å²) >= 11 is 0. The Balaban J connectivity index is 2.22. The van der Waals surface area contributed by atoms with E-state index in [-0.39, 0.29) is 11.7 Å². The molecular formula is C13H13N3O2. The predicted octanol–water partition coefficient (Wildman–Crippen LogP) is 2.35. The van der Waals surface area contributed by atoms with Crippen LogP contribution in [0.15, 0.2) is 42.9 Å². The molecule has 0 aliphatic rings. The number of aromatic carboxylic acids is 1. The number of carbonyl (C=O) groups is 1. The average molecular weight is 243 g/mol. The van der Waals surface area contributed by atoms with Gasteiger partial charge in [-0.3, -0.25) is 4.98 Å². The van der Waals surface area contributed by atoms with E-state index in [0.717, 1.165) is 5.56 Å². The quantitative estimate of drug-likeness (QED) is 0.862. The second kappa shape index (κ2) is 5.27. The molecule has 2 aromatic heterocycles. The monoisotopic (exact) mass is 243 g/mol. The Morgan fingerprint density at radius 2 is 2.00 bits per heavy atom. The predicted molar refractivity (Wildman–Crippen MR) is 67.5 cm³/mol. The Hall–Kier alpha value is -2.43. The highest BCUT2D eigenvalue weighted by Crippen LogP contribution is 2.20. The molecule has 5 heteroatoms. The average Bonchev–Trinajstić information content (AvgIpc) is 2.40. The van der Waals surface area contributed by atoms with Crippen LogP contribution in [0.2, 0.25) is 0 Å². The Bertz CT molecular complexity index is 543. The number of nitrogens with zero attached hydrogens (tertiary/aromatic N) is 2. The molecule has 5 nitrogen and oxygen atoms in total. The first-order valence-corrected chi connectivity index (χ1v) is 5.53. The van der Waals surface area contributed by atoms with Gasteiger partial charge in [-0.1, -0.05) is 0 Å². The van der Waals surface area contributed by atoms with E-state index in [2.05, 4.69) is 15.3 Å². The molecule has 0 bridgehead atoms. The number of carboxylic acid groups (broad SMARTS) is 1. The lowest BCUT2D eigenvalue weighted by atomic mass is 10.1. The van der Waals surface area contributed by atoms with E-state index in [9.17, 15) is 4.79 Å². The molecule has 2 heterocycles. The zero-order valence-electron chi connectivity index (χ0n) is 9.87. The molecular weight excluding hydrogens is 230 g/mol. The van der Waals surface area contributed by atoms with Gasteiger partial charge in [0.1, 0.15) is 0 Å². The number of nitrogens with one attached hydrogen (secondary N) is 1. The van der Waals surface area contributed by atoms with Gasteiger partial charge < -0.3 is 10.4 Å². The van der Waals surface area contributed by atoms with Crippen LogP contribution in [0.25, 0.3) is 0 Å². The SMILES string of the molecule is CC(Nc1cccnc1C(=O)O)c1ccncc1. The summed E-state index contributed by atoms with van der Waals surface area (Å²) in [6.45, 7) is 1.95. The Morgan fingerprint density at radius 1 is 1.28 bits per heavy atom. The van der Waals surface area contributed by atoms with Gasteiger partial charge in [0.2, 0.25) is 0 Å². The second-order valence-corrected chi connectivity index (χ2v) is 3.85. The van der Waals surface area contributed by atoms with E-state index >= 15 is 0 Å². The normalized spacial score (nSPS) is 11.8. The molecule has 92 valence electrons. The van der Waals surface area contributed by atoms with Gasteiger partial charge in [-0.25, -0.2) is 9.78 Å². The van der Waals surface area contributed by atoms with Crippen LogP contribution in [0.5, 0.6) is 0 Å². The van der Waals surface area contributed by atoms with Crippen LogP contribution >= 0.6 is 0 Å². The van der Waals surface area contributed by atoms with Gasteiger partial charge in [-0.15, -0.1) is 0 Å². The van der Waals surface area contributed by atoms with Crippen molar-refractivity contribution < 1.29 is 9.90 Å². The maximum atomic E-state index is 11.0. The molecule has 0 aliphatic heterocycles. The van der Waals surface area contributed by atoms with Crippen LogP contribution < -0.4 is 5.32 Å². The minimum absolute atomic E-state index is 0.0182. The Labute approximate surface area is 105 Å². The first kappa shape index (κ1) is 12.0. The summed E-state index contributed by atoms with van der Waals surface area (Å²) < 4.78 is 0. The summed E-state index contributed by atoms with van der Waals surface area (Å²) in [5, 5.41) is 12.2. The molecule has 0 amide bonds. The number of aromatic nitrogens is 2. The van der Waals surface area contributed by atoms with Gasteiger partial charge in [0.05, 0.1) is 5.69 Å². The van der Waals surface area contributed by atoms with Crippen molar-refractivity contribution >= 4 is 11.7 Å². The number of anilines is 1. The maximum Gasteiger partial charge on any atom is 0.356 e. The smallest absolute Gasteiger partial charge is 0.356 e. The van der Waals surface area contributed by atoms with Crippen molar-refractivity contribution in [2.75, 3.05) is 5.32 Å². The van der Waals surface area contributed by atoms with Crippen LogP contribution in [0, 0.1) is 0 Å². The highest BCUT2D eigenvalue weighted by molar-refractivity contribution is 5.91. The molecule has 2 rings (SSSR count). The fourth-order valence-corrected chi connectivity index (χ4v) is 1.66. The molecule has 1 atom stereocenters. The number of rotatable bonds is 4. The van der Waals surface area contributed by atoms with Crippen LogP contribution in [-0.2, 0) is 0 Å². The molecule has 0 aromatic carbocycles. The Kier molecular flexibility index (Phi) is 3.52. The van der Waals surface area contributed by atoms with Gasteiger partial charge in [0, 0.05) is 24.6 Å². The van der Waals surface area contributed by atoms with Gasteiger partial charge in [-0.05, 0) is 36.8 Å². The summed E-state index contributed by atoms with van der Waals surface area (Å²) in [6.07, 6.45) is 4.87. The molecule has 0 saturated heterocycles. The van der Waals surface area contributed by atoms with Crippen molar-refractivity contribution in [3.8, 4) is 0 Å². The molecule has 2 N–H and O–H groups in total. The van der Waals surface area contributed by atoms with E-state index in [1.165, 1.54) is 6.20 Å². The minimum Gasteiger partial charge on any atom is -0.476 e. The van der Waals surface area contributed by atoms with Gasteiger partial charge >= 0.3 is 5.97 Å². The summed E-state index contributed by atoms with van der Waals surface area (Å²) in [4.78, 5) is 18.8. The molecule has 18 heavy (non-hydrogen) atoms. The molecule has 0 aliphatic carbocycles. The lowest BCUT2D eigenvalue weighted by molar-refractivity contribution is 0.0691. The highest BCUT2D eigenvalue weighted by Gasteiger charge is 2.13. The van der Waals surface area contributed by atoms with Crippen molar-refractivity contribution in [2.24, 2.45) is 0 Å². The van der Waals surface area contributed by atoms with E-state index in [0.29, 0.717) is 5.69 Å². The minimum atomic E-state index is -1.04. The van der Waals surface area contributed by atoms with Crippen molar-refractivity contribution in [1.29, 1.82) is 0 Å². The van der Waals surface area contributed by atoms with E-state index in [1.54, 1.807) is 24.5 Å². The lowest BCUT2D eigenvalue weighted by Gasteiger charge is -2.16. The fourth-order valence-electron chi connectivity index (χ4n) is 1.66. The zero-order valence-corrected chi connectivity index (χ0v) is 9.87. The second-order valence-electron chi connectivity index (χ2n) is 3.85. The molecule has 0 fully saturated rings. The standard InChI is InChI=1S/C13H13N3O2/c1-9(10-4-7-14-8-5-10)16-11-3-2-6-15-12(11)13(17)18/h2-9,16H,1H3,(H,17,18). The van der Waals surface area contributed by atoms with Gasteiger partial charge in [0.15, 0.2) is 5.69 Å². The van der Waals surface area contributed by atoms with Gasteiger partial charge in [-0.2, -0.15) is 0 Å². The maximum absolute atomic E-state index is 11.0. The van der Waals surface area contributed by atoms with Crippen molar-refractivity contribution in [1.82, 2.24) is 9.97 Å². The van der Waals surface area contributed by atoms with Crippen LogP contribution in [-0.4, -0.2) is 21.0 Å². The zero-order chi connectivity index (χ0) is 13.0. The first-order valence-electron chi connectivity index (χ1n) is 5.53. The van der Waals surface area contributed by atoms with Crippen molar-refractivity contribution in [3.05, 3.63) is 54.1 Å². The topological polar surface area (TPSA) is 75.1 Å². The summed E-state index contributed by atoms with van der Waals surface area (Å²) in [5.74, 6) is -1.04. The largest absolute Gasteiger partial charge is 0.476 e. The lowest BCUT2D eigenvalue weighted by Crippen LogP contribution is -2.11. The third-order valence-corrected chi connectivity index (χ3v) is 2.59. The van der Waals surface area contributed by atoms with Gasteiger partial charge in [0.25, 0.3) is 0 Å². The molecule has 2 aromatic rings. The van der Waals surface area contributed by atoms with Crippen LogP contribution in [0.4, 0.5) is 5.69 Å². The van der Waals surface area contributed by atoms with Crippen molar-refractivity contribution in [3.63, 3.8) is 0 Å². The number of hydrogen-bond donors (Lipinski definition) is 2. The number of hydrogen-bond acceptors (Lipinski definition) is 4. The molecule has 0 radical (unpaired) electrons. The molecule has 0 saturated carbocycles. The Morgan fingerprint density at radius 3 is 2.67 bits per heavy atom.